The summed E-state index contributed by atoms with van der Waals surface area (Å²) >= 11 is -5.12. The third kappa shape index (κ3) is 6.00. The summed E-state index contributed by atoms with van der Waals surface area (Å²) in [5.41, 5.74) is 0. The van der Waals surface area contributed by atoms with Crippen LogP contribution in [0.15, 0.2) is 0 Å². The molecule has 60 valence electrons. The van der Waals surface area contributed by atoms with Crippen molar-refractivity contribution in [3.05, 3.63) is 0 Å². The summed E-state index contributed by atoms with van der Waals surface area (Å²) in [6.45, 7) is -1.50. The fourth-order valence-electron chi connectivity index (χ4n) is 0.202. The SMILES string of the molecule is O=C(CO)CO[As](=O)(O)O. The standard InChI is InChI=1S/C3H7AsO6/c5-1-3(6)2-10-4(7,8)9/h5H,1-2H2,(H2,7,8,9). The Balaban J connectivity index is 3.56. The van der Waals surface area contributed by atoms with Crippen LogP contribution in [-0.4, -0.2) is 46.8 Å². The van der Waals surface area contributed by atoms with Gasteiger partial charge in [0, 0.05) is 0 Å². The van der Waals surface area contributed by atoms with Crippen LogP contribution in [0.5, 0.6) is 0 Å². The molecule has 0 amide bonds. The zero-order chi connectivity index (χ0) is 8.20. The first-order valence-electron chi connectivity index (χ1n) is 2.28. The molecule has 0 saturated carbocycles. The van der Waals surface area contributed by atoms with Crippen molar-refractivity contribution >= 4 is 20.3 Å². The Kier molecular flexibility index (Phi) is 3.85. The monoisotopic (exact) mass is 214 g/mol. The first-order chi connectivity index (χ1) is 4.45. The second-order valence-electron chi connectivity index (χ2n) is 1.46. The maximum atomic E-state index is 10.1. The molecule has 0 rings (SSSR count). The average molecular weight is 214 g/mol. The maximum absolute atomic E-state index is 10.1. The van der Waals surface area contributed by atoms with Gasteiger partial charge in [-0.3, -0.25) is 0 Å². The van der Waals surface area contributed by atoms with E-state index in [0.717, 1.165) is 0 Å². The summed E-state index contributed by atoms with van der Waals surface area (Å²) in [4.78, 5) is 10.1. The number of hydrogen-bond donors (Lipinski definition) is 3. The molecule has 0 fully saturated rings. The number of aliphatic hydroxyl groups excluding tert-OH is 1. The summed E-state index contributed by atoms with van der Waals surface area (Å²) in [7, 11) is 0. The van der Waals surface area contributed by atoms with Crippen molar-refractivity contribution in [2.24, 2.45) is 0 Å². The van der Waals surface area contributed by atoms with Crippen LogP contribution in [0, 0.1) is 0 Å². The Morgan fingerprint density at radius 1 is 1.50 bits per heavy atom. The fourth-order valence-corrected chi connectivity index (χ4v) is 0.857. The predicted octanol–water partition coefficient (Wildman–Crippen LogP) is -2.58. The van der Waals surface area contributed by atoms with Gasteiger partial charge in [0.15, 0.2) is 0 Å². The number of ketones is 1. The van der Waals surface area contributed by atoms with Crippen molar-refractivity contribution < 1.29 is 25.6 Å². The van der Waals surface area contributed by atoms with Crippen LogP contribution in [0.4, 0.5) is 0 Å². The van der Waals surface area contributed by atoms with E-state index in [9.17, 15) is 8.53 Å². The zero-order valence-electron chi connectivity index (χ0n) is 4.93. The zero-order valence-corrected chi connectivity index (χ0v) is 6.80. The van der Waals surface area contributed by atoms with E-state index in [1.807, 2.05) is 0 Å². The molecular weight excluding hydrogens is 207 g/mol. The van der Waals surface area contributed by atoms with Gasteiger partial charge in [0.25, 0.3) is 0 Å². The normalized spacial score (nSPS) is 11.5. The van der Waals surface area contributed by atoms with Crippen LogP contribution in [-0.2, 0) is 12.3 Å². The second-order valence-corrected chi connectivity index (χ2v) is 4.06. The van der Waals surface area contributed by atoms with Crippen molar-refractivity contribution in [1.82, 2.24) is 0 Å². The van der Waals surface area contributed by atoms with E-state index in [4.69, 9.17) is 13.3 Å². The molecule has 0 atom stereocenters. The quantitative estimate of drug-likeness (QED) is 0.444. The molecule has 0 aliphatic rings. The number of aliphatic hydroxyl groups is 1. The topological polar surface area (TPSA) is 104 Å². The molecule has 0 heterocycles. The van der Waals surface area contributed by atoms with Gasteiger partial charge in [0.2, 0.25) is 0 Å². The summed E-state index contributed by atoms with van der Waals surface area (Å²) < 4.78 is 29.9. The third-order valence-corrected chi connectivity index (χ3v) is 1.55. The molecule has 6 nitrogen and oxygen atoms in total. The van der Waals surface area contributed by atoms with Crippen LogP contribution in [0.3, 0.4) is 0 Å². The van der Waals surface area contributed by atoms with Crippen LogP contribution in [0.1, 0.15) is 0 Å². The minimum absolute atomic E-state index is 0.736. The van der Waals surface area contributed by atoms with Gasteiger partial charge in [-0.1, -0.05) is 0 Å². The van der Waals surface area contributed by atoms with Gasteiger partial charge in [-0.2, -0.15) is 0 Å². The number of carbonyl (C=O) groups excluding carboxylic acids is 1. The van der Waals surface area contributed by atoms with Gasteiger partial charge in [-0.25, -0.2) is 0 Å². The molecular formula is C3H7AsO6. The molecule has 0 radical (unpaired) electrons. The van der Waals surface area contributed by atoms with Crippen molar-refractivity contribution in [3.63, 3.8) is 0 Å². The molecule has 0 aromatic rings. The molecule has 0 aromatic heterocycles. The molecule has 0 saturated heterocycles. The fraction of sp³-hybridized carbons (Fsp3) is 0.667. The van der Waals surface area contributed by atoms with E-state index >= 15 is 0 Å². The van der Waals surface area contributed by atoms with Gasteiger partial charge in [-0.15, -0.1) is 0 Å². The van der Waals surface area contributed by atoms with Gasteiger partial charge >= 0.3 is 59.1 Å². The van der Waals surface area contributed by atoms with Crippen LogP contribution < -0.4 is 0 Å². The summed E-state index contributed by atoms with van der Waals surface area (Å²) in [6.07, 6.45) is 0. The number of hydrogen-bond acceptors (Lipinski definition) is 4. The minimum atomic E-state index is -5.12. The summed E-state index contributed by atoms with van der Waals surface area (Å²) in [5, 5.41) is 8.06. The molecule has 0 unspecified atom stereocenters. The first kappa shape index (κ1) is 9.87. The Bertz CT molecular complexity index is 158. The number of carbonyl (C=O) groups is 1. The van der Waals surface area contributed by atoms with Crippen molar-refractivity contribution in [2.75, 3.05) is 13.2 Å². The van der Waals surface area contributed by atoms with Crippen molar-refractivity contribution in [3.8, 4) is 0 Å². The second kappa shape index (κ2) is 3.90. The Hall–Kier alpha value is -0.132. The molecule has 3 N–H and O–H groups in total. The van der Waals surface area contributed by atoms with Gasteiger partial charge < -0.3 is 0 Å². The molecule has 0 bridgehead atoms. The Labute approximate surface area is 59.8 Å². The van der Waals surface area contributed by atoms with E-state index in [2.05, 4.69) is 3.73 Å². The van der Waals surface area contributed by atoms with Gasteiger partial charge in [-0.05, 0) is 0 Å². The molecule has 10 heavy (non-hydrogen) atoms. The molecule has 0 aliphatic heterocycles. The number of Topliss-reactive ketones (excluding diaryl/α,β-unsaturated/α-hetero) is 1. The van der Waals surface area contributed by atoms with E-state index < -0.39 is 33.5 Å². The molecule has 0 aromatic carbocycles. The molecule has 0 aliphatic carbocycles. The van der Waals surface area contributed by atoms with Gasteiger partial charge in [0.1, 0.15) is 0 Å². The number of rotatable bonds is 4. The third-order valence-electron chi connectivity index (χ3n) is 0.570. The van der Waals surface area contributed by atoms with E-state index in [-0.39, 0.29) is 0 Å². The van der Waals surface area contributed by atoms with E-state index in [0.29, 0.717) is 0 Å². The average Bonchev–Trinajstić information content (AvgIpc) is 1.81. The Morgan fingerprint density at radius 3 is 2.30 bits per heavy atom. The van der Waals surface area contributed by atoms with Gasteiger partial charge in [0.05, 0.1) is 0 Å². The molecule has 0 spiro atoms. The van der Waals surface area contributed by atoms with Crippen LogP contribution in [0.25, 0.3) is 0 Å². The van der Waals surface area contributed by atoms with E-state index in [1.54, 1.807) is 0 Å². The van der Waals surface area contributed by atoms with Crippen molar-refractivity contribution in [1.29, 1.82) is 0 Å². The Morgan fingerprint density at radius 2 is 2.00 bits per heavy atom. The van der Waals surface area contributed by atoms with Crippen molar-refractivity contribution in [2.45, 2.75) is 0 Å². The van der Waals surface area contributed by atoms with Crippen LogP contribution in [0.2, 0.25) is 0 Å². The van der Waals surface area contributed by atoms with E-state index in [1.165, 1.54) is 0 Å². The molecule has 7 heteroatoms. The predicted molar refractivity (Wildman–Crippen MR) is 28.9 cm³/mol. The summed E-state index contributed by atoms with van der Waals surface area (Å²) in [6, 6.07) is 0. The van der Waals surface area contributed by atoms with Crippen LogP contribution >= 0.6 is 0 Å². The summed E-state index contributed by atoms with van der Waals surface area (Å²) in [5.74, 6) is -0.760. The first-order valence-corrected chi connectivity index (χ1v) is 5.49.